The summed E-state index contributed by atoms with van der Waals surface area (Å²) in [4.78, 5) is 35.2. The van der Waals surface area contributed by atoms with Gasteiger partial charge in [-0.3, -0.25) is 4.79 Å². The predicted molar refractivity (Wildman–Crippen MR) is 128 cm³/mol. The normalized spacial score (nSPS) is 11.8. The van der Waals surface area contributed by atoms with Gasteiger partial charge < -0.3 is 15.5 Å². The van der Waals surface area contributed by atoms with Crippen LogP contribution in [0, 0.1) is 0 Å². The lowest BCUT2D eigenvalue weighted by Crippen LogP contribution is -2.42. The van der Waals surface area contributed by atoms with Gasteiger partial charge in [0.25, 0.3) is 5.91 Å². The van der Waals surface area contributed by atoms with Crippen LogP contribution in [0.3, 0.4) is 0 Å². The fourth-order valence-corrected chi connectivity index (χ4v) is 3.84. The largest absolute Gasteiger partial charge is 0.480 e. The monoisotopic (exact) mass is 483 g/mol. The van der Waals surface area contributed by atoms with Gasteiger partial charge in [0.05, 0.1) is 15.6 Å². The van der Waals surface area contributed by atoms with Crippen LogP contribution in [0.15, 0.2) is 72.8 Å². The number of carboxylic acid groups (broad SMARTS) is 2. The van der Waals surface area contributed by atoms with E-state index < -0.39 is 23.9 Å². The van der Waals surface area contributed by atoms with Crippen LogP contribution in [0.1, 0.15) is 21.5 Å². The molecular formula is C25H19Cl2NO5. The van der Waals surface area contributed by atoms with Gasteiger partial charge in [0.2, 0.25) is 0 Å². The second kappa shape index (κ2) is 10.8. The molecule has 1 atom stereocenters. The number of hydrogen-bond donors (Lipinski definition) is 3. The number of benzene rings is 3. The first-order valence-electron chi connectivity index (χ1n) is 9.83. The van der Waals surface area contributed by atoms with Gasteiger partial charge in [-0.25, -0.2) is 9.59 Å². The van der Waals surface area contributed by atoms with Crippen molar-refractivity contribution in [3.63, 3.8) is 0 Å². The SMILES string of the molecule is O=C(O)/C=C/c1ccccc1-c1ccc(C[C@H](NC(=O)c2c(Cl)cccc2Cl)C(=O)O)cc1. The Hall–Kier alpha value is -3.61. The lowest BCUT2D eigenvalue weighted by atomic mass is 9.97. The van der Waals surface area contributed by atoms with E-state index in [-0.39, 0.29) is 22.0 Å². The number of carbonyl (C=O) groups is 3. The third kappa shape index (κ3) is 6.22. The molecule has 0 saturated carbocycles. The molecule has 0 radical (unpaired) electrons. The molecule has 33 heavy (non-hydrogen) atoms. The van der Waals surface area contributed by atoms with E-state index in [1.807, 2.05) is 30.3 Å². The first kappa shape index (κ1) is 24.0. The Morgan fingerprint density at radius 2 is 1.52 bits per heavy atom. The smallest absolute Gasteiger partial charge is 0.328 e. The molecule has 0 fully saturated rings. The minimum absolute atomic E-state index is 0.0217. The molecule has 3 aromatic rings. The fourth-order valence-electron chi connectivity index (χ4n) is 3.27. The van der Waals surface area contributed by atoms with Crippen molar-refractivity contribution in [3.8, 4) is 11.1 Å². The van der Waals surface area contributed by atoms with E-state index in [0.29, 0.717) is 5.56 Å². The molecule has 1 amide bonds. The van der Waals surface area contributed by atoms with E-state index in [1.54, 1.807) is 24.3 Å². The van der Waals surface area contributed by atoms with Crippen molar-refractivity contribution in [2.45, 2.75) is 12.5 Å². The summed E-state index contributed by atoms with van der Waals surface area (Å²) >= 11 is 12.1. The van der Waals surface area contributed by atoms with Crippen molar-refractivity contribution in [1.82, 2.24) is 5.32 Å². The molecule has 0 aliphatic carbocycles. The van der Waals surface area contributed by atoms with Crippen molar-refractivity contribution in [1.29, 1.82) is 0 Å². The Labute approximate surface area is 200 Å². The average molecular weight is 484 g/mol. The first-order chi connectivity index (χ1) is 15.8. The van der Waals surface area contributed by atoms with Gasteiger partial charge in [0.1, 0.15) is 6.04 Å². The van der Waals surface area contributed by atoms with Crippen molar-refractivity contribution >= 4 is 47.1 Å². The fraction of sp³-hybridized carbons (Fsp3) is 0.0800. The van der Waals surface area contributed by atoms with E-state index in [2.05, 4.69) is 5.32 Å². The van der Waals surface area contributed by atoms with Gasteiger partial charge in [-0.15, -0.1) is 0 Å². The zero-order valence-corrected chi connectivity index (χ0v) is 18.7. The van der Waals surface area contributed by atoms with E-state index in [4.69, 9.17) is 28.3 Å². The molecule has 6 nitrogen and oxygen atoms in total. The molecule has 3 N–H and O–H groups in total. The summed E-state index contributed by atoms with van der Waals surface area (Å²) in [6.07, 6.45) is 2.63. The first-order valence-corrected chi connectivity index (χ1v) is 10.6. The molecule has 168 valence electrons. The van der Waals surface area contributed by atoms with Crippen LogP contribution in [-0.2, 0) is 16.0 Å². The topological polar surface area (TPSA) is 104 Å². The zero-order valence-electron chi connectivity index (χ0n) is 17.2. The zero-order chi connectivity index (χ0) is 24.0. The van der Waals surface area contributed by atoms with Gasteiger partial charge in [-0.1, -0.05) is 77.8 Å². The number of carbonyl (C=O) groups excluding carboxylic acids is 1. The highest BCUT2D eigenvalue weighted by molar-refractivity contribution is 6.39. The Kier molecular flexibility index (Phi) is 7.87. The third-order valence-corrected chi connectivity index (χ3v) is 5.49. The number of carboxylic acids is 2. The van der Waals surface area contributed by atoms with Crippen LogP contribution >= 0.6 is 23.2 Å². The Bertz CT molecular complexity index is 1200. The maximum atomic E-state index is 12.6. The number of rotatable bonds is 8. The molecule has 0 bridgehead atoms. The molecule has 3 aromatic carbocycles. The summed E-state index contributed by atoms with van der Waals surface area (Å²) in [6, 6.07) is 17.9. The molecule has 0 aromatic heterocycles. The third-order valence-electron chi connectivity index (χ3n) is 4.86. The Morgan fingerprint density at radius 1 is 0.879 bits per heavy atom. The second-order valence-corrected chi connectivity index (χ2v) is 7.94. The van der Waals surface area contributed by atoms with E-state index >= 15 is 0 Å². The van der Waals surface area contributed by atoms with Crippen LogP contribution < -0.4 is 5.32 Å². The Morgan fingerprint density at radius 3 is 2.12 bits per heavy atom. The van der Waals surface area contributed by atoms with Gasteiger partial charge >= 0.3 is 11.9 Å². The predicted octanol–water partition coefficient (Wildman–Crippen LogP) is 5.18. The minimum Gasteiger partial charge on any atom is -0.480 e. The molecule has 0 aliphatic heterocycles. The van der Waals surface area contributed by atoms with Gasteiger partial charge in [0, 0.05) is 12.5 Å². The second-order valence-electron chi connectivity index (χ2n) is 7.12. The summed E-state index contributed by atoms with van der Waals surface area (Å²) < 4.78 is 0. The maximum absolute atomic E-state index is 12.6. The maximum Gasteiger partial charge on any atom is 0.328 e. The van der Waals surface area contributed by atoms with Crippen molar-refractivity contribution in [2.75, 3.05) is 0 Å². The summed E-state index contributed by atoms with van der Waals surface area (Å²) in [5.74, 6) is -2.91. The van der Waals surface area contributed by atoms with Crippen molar-refractivity contribution in [2.24, 2.45) is 0 Å². The van der Waals surface area contributed by atoms with Gasteiger partial charge in [-0.05, 0) is 40.5 Å². The summed E-state index contributed by atoms with van der Waals surface area (Å²) in [5, 5.41) is 21.2. The molecule has 0 aliphatic rings. The Balaban J connectivity index is 1.79. The van der Waals surface area contributed by atoms with Crippen LogP contribution in [0.2, 0.25) is 10.0 Å². The van der Waals surface area contributed by atoms with Crippen molar-refractivity contribution < 1.29 is 24.6 Å². The molecule has 0 unspecified atom stereocenters. The van der Waals surface area contributed by atoms with E-state index in [1.165, 1.54) is 18.2 Å². The molecule has 0 heterocycles. The van der Waals surface area contributed by atoms with E-state index in [0.717, 1.165) is 22.8 Å². The highest BCUT2D eigenvalue weighted by Crippen LogP contribution is 2.26. The summed E-state index contributed by atoms with van der Waals surface area (Å²) in [6.45, 7) is 0. The highest BCUT2D eigenvalue weighted by atomic mass is 35.5. The van der Waals surface area contributed by atoms with E-state index in [9.17, 15) is 19.5 Å². The lowest BCUT2D eigenvalue weighted by molar-refractivity contribution is -0.139. The number of amides is 1. The van der Waals surface area contributed by atoms with Crippen LogP contribution in [-0.4, -0.2) is 34.1 Å². The average Bonchev–Trinajstić information content (AvgIpc) is 2.78. The summed E-state index contributed by atoms with van der Waals surface area (Å²) in [7, 11) is 0. The number of nitrogens with one attached hydrogen (secondary N) is 1. The van der Waals surface area contributed by atoms with Crippen LogP contribution in [0.4, 0.5) is 0 Å². The highest BCUT2D eigenvalue weighted by Gasteiger charge is 2.23. The molecule has 8 heteroatoms. The molecular weight excluding hydrogens is 465 g/mol. The number of aliphatic carboxylic acids is 2. The number of hydrogen-bond acceptors (Lipinski definition) is 3. The van der Waals surface area contributed by atoms with Crippen LogP contribution in [0.25, 0.3) is 17.2 Å². The van der Waals surface area contributed by atoms with Crippen molar-refractivity contribution in [3.05, 3.63) is 99.5 Å². The number of halogens is 2. The standard InChI is InChI=1S/C25H19Cl2NO5/c26-19-6-3-7-20(27)23(19)24(31)28-21(25(32)33)14-15-8-10-17(11-9-15)18-5-2-1-4-16(18)12-13-22(29)30/h1-13,21H,14H2,(H,28,31)(H,29,30)(H,32,33)/b13-12+/t21-/m0/s1. The lowest BCUT2D eigenvalue weighted by Gasteiger charge is -2.16. The molecule has 3 rings (SSSR count). The van der Waals surface area contributed by atoms with Gasteiger partial charge in [-0.2, -0.15) is 0 Å². The van der Waals surface area contributed by atoms with Gasteiger partial charge in [0.15, 0.2) is 0 Å². The molecule has 0 spiro atoms. The quantitative estimate of drug-likeness (QED) is 0.382. The van der Waals surface area contributed by atoms with Crippen LogP contribution in [0.5, 0.6) is 0 Å². The molecule has 0 saturated heterocycles. The minimum atomic E-state index is -1.19. The summed E-state index contributed by atoms with van der Waals surface area (Å²) in [5.41, 5.74) is 3.12.